The van der Waals surface area contributed by atoms with Crippen LogP contribution in [0.2, 0.25) is 10.0 Å². The van der Waals surface area contributed by atoms with Crippen LogP contribution in [0.1, 0.15) is 24.4 Å². The summed E-state index contributed by atoms with van der Waals surface area (Å²) in [5.41, 5.74) is 0.844. The van der Waals surface area contributed by atoms with Gasteiger partial charge in [-0.2, -0.15) is 0 Å². The second-order valence-corrected chi connectivity index (χ2v) is 4.23. The van der Waals surface area contributed by atoms with Crippen molar-refractivity contribution in [2.75, 3.05) is 6.54 Å². The molecular weight excluding hydrogens is 221 g/mol. The number of phenolic OH excluding ortho intramolecular Hbond substituents is 1. The van der Waals surface area contributed by atoms with E-state index in [9.17, 15) is 5.11 Å². The fourth-order valence-corrected chi connectivity index (χ4v) is 2.11. The Morgan fingerprint density at radius 3 is 2.79 bits per heavy atom. The van der Waals surface area contributed by atoms with Gasteiger partial charge >= 0.3 is 0 Å². The highest BCUT2D eigenvalue weighted by Gasteiger charge is 2.21. The van der Waals surface area contributed by atoms with Crippen molar-refractivity contribution in [2.24, 2.45) is 0 Å². The summed E-state index contributed by atoms with van der Waals surface area (Å²) in [6.07, 6.45) is 2.16. The minimum atomic E-state index is 0.110. The van der Waals surface area contributed by atoms with Crippen LogP contribution in [0.4, 0.5) is 0 Å². The molecule has 1 aliphatic heterocycles. The quantitative estimate of drug-likeness (QED) is 0.779. The van der Waals surface area contributed by atoms with Gasteiger partial charge in [0, 0.05) is 11.6 Å². The lowest BCUT2D eigenvalue weighted by Crippen LogP contribution is -2.12. The van der Waals surface area contributed by atoms with Crippen LogP contribution in [0.25, 0.3) is 0 Å². The second kappa shape index (κ2) is 3.97. The van der Waals surface area contributed by atoms with Crippen molar-refractivity contribution in [1.82, 2.24) is 5.32 Å². The molecule has 2 nitrogen and oxygen atoms in total. The molecule has 2 N–H and O–H groups in total. The van der Waals surface area contributed by atoms with E-state index in [4.69, 9.17) is 23.2 Å². The fourth-order valence-electron chi connectivity index (χ4n) is 1.79. The van der Waals surface area contributed by atoms with Gasteiger partial charge in [0.05, 0.1) is 5.02 Å². The number of halogens is 2. The maximum atomic E-state index is 9.78. The third-order valence-electron chi connectivity index (χ3n) is 2.54. The molecule has 0 unspecified atom stereocenters. The van der Waals surface area contributed by atoms with E-state index in [0.717, 1.165) is 24.9 Å². The molecule has 1 aromatic rings. The Morgan fingerprint density at radius 2 is 2.14 bits per heavy atom. The number of nitrogens with one attached hydrogen (secondary N) is 1. The largest absolute Gasteiger partial charge is 0.506 e. The van der Waals surface area contributed by atoms with Gasteiger partial charge in [-0.05, 0) is 25.5 Å². The zero-order chi connectivity index (χ0) is 10.1. The lowest BCUT2D eigenvalue weighted by atomic mass is 10.0. The molecule has 1 aliphatic rings. The number of aromatic hydroxyl groups is 1. The molecule has 0 aromatic heterocycles. The Hall–Kier alpha value is -0.440. The van der Waals surface area contributed by atoms with Crippen LogP contribution in [-0.4, -0.2) is 11.7 Å². The van der Waals surface area contributed by atoms with Crippen molar-refractivity contribution in [3.63, 3.8) is 0 Å². The Balaban J connectivity index is 2.38. The molecule has 14 heavy (non-hydrogen) atoms. The van der Waals surface area contributed by atoms with E-state index in [-0.39, 0.29) is 16.8 Å². The highest BCUT2D eigenvalue weighted by Crippen LogP contribution is 2.38. The molecule has 0 radical (unpaired) electrons. The van der Waals surface area contributed by atoms with Gasteiger partial charge in [-0.1, -0.05) is 29.3 Å². The van der Waals surface area contributed by atoms with E-state index in [2.05, 4.69) is 5.32 Å². The average molecular weight is 232 g/mol. The normalized spacial score (nSPS) is 21.4. The second-order valence-electron chi connectivity index (χ2n) is 3.45. The van der Waals surface area contributed by atoms with Crippen molar-refractivity contribution in [3.8, 4) is 5.75 Å². The summed E-state index contributed by atoms with van der Waals surface area (Å²) < 4.78 is 0. The Kier molecular flexibility index (Phi) is 2.86. The first-order valence-corrected chi connectivity index (χ1v) is 5.36. The molecule has 0 saturated carbocycles. The summed E-state index contributed by atoms with van der Waals surface area (Å²) in [5.74, 6) is 0.110. The number of phenols is 1. The lowest BCUT2D eigenvalue weighted by molar-refractivity contribution is 0.457. The zero-order valence-electron chi connectivity index (χ0n) is 7.56. The highest BCUT2D eigenvalue weighted by molar-refractivity contribution is 6.43. The van der Waals surface area contributed by atoms with Crippen molar-refractivity contribution in [2.45, 2.75) is 18.9 Å². The SMILES string of the molecule is Oc1c([C@@H]2CCCN2)ccc(Cl)c1Cl. The Labute approximate surface area is 92.8 Å². The van der Waals surface area contributed by atoms with Gasteiger partial charge in [-0.25, -0.2) is 0 Å². The monoisotopic (exact) mass is 231 g/mol. The van der Waals surface area contributed by atoms with Gasteiger partial charge in [0.15, 0.2) is 0 Å². The first kappa shape index (κ1) is 10.1. The predicted molar refractivity (Wildman–Crippen MR) is 58.1 cm³/mol. The van der Waals surface area contributed by atoms with Gasteiger partial charge in [-0.15, -0.1) is 0 Å². The van der Waals surface area contributed by atoms with Crippen LogP contribution in [-0.2, 0) is 0 Å². The molecule has 1 fully saturated rings. The fraction of sp³-hybridized carbons (Fsp3) is 0.400. The van der Waals surface area contributed by atoms with Gasteiger partial charge in [0.2, 0.25) is 0 Å². The Morgan fingerprint density at radius 1 is 1.36 bits per heavy atom. The van der Waals surface area contributed by atoms with Gasteiger partial charge in [0.1, 0.15) is 10.8 Å². The molecule has 1 aromatic carbocycles. The predicted octanol–water partition coefficient (Wildman–Crippen LogP) is 3.12. The summed E-state index contributed by atoms with van der Waals surface area (Å²) >= 11 is 11.6. The van der Waals surface area contributed by atoms with E-state index >= 15 is 0 Å². The topological polar surface area (TPSA) is 32.3 Å². The van der Waals surface area contributed by atoms with E-state index in [0.29, 0.717) is 5.02 Å². The molecule has 1 saturated heterocycles. The van der Waals surface area contributed by atoms with Crippen LogP contribution in [0.15, 0.2) is 12.1 Å². The van der Waals surface area contributed by atoms with Crippen molar-refractivity contribution < 1.29 is 5.11 Å². The minimum Gasteiger partial charge on any atom is -0.506 e. The van der Waals surface area contributed by atoms with Gasteiger partial charge < -0.3 is 10.4 Å². The number of rotatable bonds is 1. The van der Waals surface area contributed by atoms with Crippen molar-refractivity contribution in [1.29, 1.82) is 0 Å². The third-order valence-corrected chi connectivity index (χ3v) is 3.33. The summed E-state index contributed by atoms with van der Waals surface area (Å²) in [7, 11) is 0. The molecule has 4 heteroatoms. The first-order chi connectivity index (χ1) is 6.70. The van der Waals surface area contributed by atoms with E-state index in [1.165, 1.54) is 0 Å². The number of hydrogen-bond acceptors (Lipinski definition) is 2. The van der Waals surface area contributed by atoms with E-state index in [1.54, 1.807) is 6.07 Å². The van der Waals surface area contributed by atoms with Crippen LogP contribution in [0.3, 0.4) is 0 Å². The molecule has 1 heterocycles. The minimum absolute atomic E-state index is 0.110. The molecule has 0 bridgehead atoms. The van der Waals surface area contributed by atoms with Crippen LogP contribution in [0, 0.1) is 0 Å². The van der Waals surface area contributed by atoms with Crippen molar-refractivity contribution >= 4 is 23.2 Å². The van der Waals surface area contributed by atoms with E-state index in [1.807, 2.05) is 6.07 Å². The highest BCUT2D eigenvalue weighted by atomic mass is 35.5. The van der Waals surface area contributed by atoms with Gasteiger partial charge in [-0.3, -0.25) is 0 Å². The summed E-state index contributed by atoms with van der Waals surface area (Å²) in [4.78, 5) is 0. The molecule has 0 aliphatic carbocycles. The van der Waals surface area contributed by atoms with Crippen LogP contribution < -0.4 is 5.32 Å². The van der Waals surface area contributed by atoms with Crippen LogP contribution in [0.5, 0.6) is 5.75 Å². The summed E-state index contributed by atoms with van der Waals surface area (Å²) in [6.45, 7) is 0.990. The number of hydrogen-bond donors (Lipinski definition) is 2. The maximum Gasteiger partial charge on any atom is 0.140 e. The number of benzene rings is 1. The first-order valence-electron chi connectivity index (χ1n) is 4.60. The molecule has 1 atom stereocenters. The Bertz CT molecular complexity index is 348. The molecule has 0 spiro atoms. The van der Waals surface area contributed by atoms with Crippen molar-refractivity contribution in [3.05, 3.63) is 27.7 Å². The third kappa shape index (κ3) is 1.70. The molecular formula is C10H11Cl2NO. The molecule has 76 valence electrons. The molecule has 0 amide bonds. The standard InChI is InChI=1S/C10H11Cl2NO/c11-7-4-3-6(10(14)9(7)12)8-2-1-5-13-8/h3-4,8,13-14H,1-2,5H2/t8-/m0/s1. The lowest BCUT2D eigenvalue weighted by Gasteiger charge is -2.13. The summed E-state index contributed by atoms with van der Waals surface area (Å²) in [5, 5.41) is 13.7. The van der Waals surface area contributed by atoms with Crippen LogP contribution >= 0.6 is 23.2 Å². The maximum absolute atomic E-state index is 9.78. The summed E-state index contributed by atoms with van der Waals surface area (Å²) in [6, 6.07) is 3.76. The average Bonchev–Trinajstić information content (AvgIpc) is 2.67. The molecule has 2 rings (SSSR count). The van der Waals surface area contributed by atoms with E-state index < -0.39 is 0 Å². The zero-order valence-corrected chi connectivity index (χ0v) is 9.07. The smallest absolute Gasteiger partial charge is 0.140 e. The van der Waals surface area contributed by atoms with Gasteiger partial charge in [0.25, 0.3) is 0 Å².